The van der Waals surface area contributed by atoms with E-state index in [1.807, 2.05) is 31.2 Å². The summed E-state index contributed by atoms with van der Waals surface area (Å²) in [6.07, 6.45) is 6.05. The summed E-state index contributed by atoms with van der Waals surface area (Å²) in [5, 5.41) is 2.98. The third-order valence-electron chi connectivity index (χ3n) is 5.16. The molecule has 2 aliphatic carbocycles. The van der Waals surface area contributed by atoms with Crippen LogP contribution in [0.4, 0.5) is 0 Å². The van der Waals surface area contributed by atoms with Gasteiger partial charge in [-0.1, -0.05) is 6.42 Å². The Morgan fingerprint density at radius 3 is 2.48 bits per heavy atom. The Morgan fingerprint density at radius 2 is 1.87 bits per heavy atom. The van der Waals surface area contributed by atoms with Gasteiger partial charge in [-0.3, -0.25) is 4.79 Å². The number of nitrogens with one attached hydrogen (secondary N) is 1. The summed E-state index contributed by atoms with van der Waals surface area (Å²) in [6.45, 7) is 3.68. The first-order valence-electron chi connectivity index (χ1n) is 8.87. The highest BCUT2D eigenvalue weighted by Crippen LogP contribution is 2.49. The van der Waals surface area contributed by atoms with Crippen LogP contribution in [0.25, 0.3) is 0 Å². The molecule has 0 spiro atoms. The second kappa shape index (κ2) is 7.71. The number of carbonyl (C=O) groups is 1. The summed E-state index contributed by atoms with van der Waals surface area (Å²) in [5.74, 6) is 4.17. The minimum absolute atomic E-state index is 0.179. The molecule has 0 aliphatic heterocycles. The molecule has 2 aliphatic rings. The fourth-order valence-electron chi connectivity index (χ4n) is 4.09. The normalized spacial score (nSPS) is 25.3. The minimum atomic E-state index is 0.179. The van der Waals surface area contributed by atoms with Crippen molar-refractivity contribution in [2.45, 2.75) is 39.0 Å². The number of hydrogen-bond acceptors (Lipinski definition) is 3. The maximum absolute atomic E-state index is 12.0. The molecule has 23 heavy (non-hydrogen) atoms. The average Bonchev–Trinajstić information content (AvgIpc) is 3.16. The molecule has 2 bridgehead atoms. The molecule has 1 aromatic carbocycles. The fourth-order valence-corrected chi connectivity index (χ4v) is 4.09. The average molecular weight is 317 g/mol. The van der Waals surface area contributed by atoms with Crippen molar-refractivity contribution < 1.29 is 14.3 Å². The monoisotopic (exact) mass is 317 g/mol. The first-order chi connectivity index (χ1) is 11.2. The van der Waals surface area contributed by atoms with E-state index in [4.69, 9.17) is 9.47 Å². The van der Waals surface area contributed by atoms with Gasteiger partial charge in [0.15, 0.2) is 0 Å². The highest BCUT2D eigenvalue weighted by molar-refractivity contribution is 5.76. The van der Waals surface area contributed by atoms with Gasteiger partial charge in [-0.25, -0.2) is 0 Å². The number of ether oxygens (including phenoxy) is 2. The molecular weight excluding hydrogens is 290 g/mol. The van der Waals surface area contributed by atoms with E-state index >= 15 is 0 Å². The van der Waals surface area contributed by atoms with E-state index in [0.29, 0.717) is 32.1 Å². The Bertz CT molecular complexity index is 514. The quantitative estimate of drug-likeness (QED) is 0.748. The molecule has 0 aromatic heterocycles. The number of rotatable bonds is 8. The van der Waals surface area contributed by atoms with E-state index in [0.717, 1.165) is 23.3 Å². The lowest BCUT2D eigenvalue weighted by atomic mass is 9.86. The van der Waals surface area contributed by atoms with Gasteiger partial charge in [0.25, 0.3) is 0 Å². The zero-order valence-corrected chi connectivity index (χ0v) is 13.9. The summed E-state index contributed by atoms with van der Waals surface area (Å²) >= 11 is 0. The zero-order chi connectivity index (χ0) is 16.1. The van der Waals surface area contributed by atoms with Gasteiger partial charge in [0.05, 0.1) is 13.2 Å². The van der Waals surface area contributed by atoms with E-state index in [1.54, 1.807) is 0 Å². The third-order valence-corrected chi connectivity index (χ3v) is 5.16. The molecule has 1 aromatic rings. The molecule has 2 saturated carbocycles. The Morgan fingerprint density at radius 1 is 1.13 bits per heavy atom. The van der Waals surface area contributed by atoms with Crippen LogP contribution >= 0.6 is 0 Å². The minimum Gasteiger partial charge on any atom is -0.494 e. The highest BCUT2D eigenvalue weighted by atomic mass is 16.5. The Kier molecular flexibility index (Phi) is 5.42. The summed E-state index contributed by atoms with van der Waals surface area (Å²) in [4.78, 5) is 12.0. The summed E-state index contributed by atoms with van der Waals surface area (Å²) in [5.41, 5.74) is 0. The van der Waals surface area contributed by atoms with Crippen LogP contribution < -0.4 is 14.8 Å². The molecule has 126 valence electrons. The SMILES string of the molecule is CCOc1ccc(OCCNC(=O)CC2CC3CCC2C3)cc1. The molecule has 0 saturated heterocycles. The fraction of sp³-hybridized carbons (Fsp3) is 0.632. The van der Waals surface area contributed by atoms with Crippen molar-refractivity contribution in [1.82, 2.24) is 5.32 Å². The molecule has 4 nitrogen and oxygen atoms in total. The van der Waals surface area contributed by atoms with E-state index in [1.165, 1.54) is 25.7 Å². The molecule has 2 fully saturated rings. The van der Waals surface area contributed by atoms with E-state index in [2.05, 4.69) is 5.32 Å². The van der Waals surface area contributed by atoms with Crippen LogP contribution in [0.15, 0.2) is 24.3 Å². The van der Waals surface area contributed by atoms with Crippen molar-refractivity contribution in [3.8, 4) is 11.5 Å². The number of benzene rings is 1. The van der Waals surface area contributed by atoms with E-state index in [9.17, 15) is 4.79 Å². The molecule has 3 atom stereocenters. The molecule has 0 radical (unpaired) electrons. The third kappa shape index (κ3) is 4.40. The standard InChI is InChI=1S/C19H27NO3/c1-2-22-17-5-7-18(8-6-17)23-10-9-20-19(21)13-16-12-14-3-4-15(16)11-14/h5-8,14-16H,2-4,9-13H2,1H3,(H,20,21). The first-order valence-corrected chi connectivity index (χ1v) is 8.87. The number of amides is 1. The van der Waals surface area contributed by atoms with Crippen LogP contribution in [0.5, 0.6) is 11.5 Å². The molecule has 0 heterocycles. The van der Waals surface area contributed by atoms with E-state index in [-0.39, 0.29) is 5.91 Å². The second-order valence-electron chi connectivity index (χ2n) is 6.74. The Balaban J connectivity index is 1.31. The second-order valence-corrected chi connectivity index (χ2v) is 6.74. The van der Waals surface area contributed by atoms with Gasteiger partial charge in [-0.05, 0) is 68.2 Å². The van der Waals surface area contributed by atoms with Crippen molar-refractivity contribution in [3.05, 3.63) is 24.3 Å². The largest absolute Gasteiger partial charge is 0.494 e. The number of hydrogen-bond donors (Lipinski definition) is 1. The summed E-state index contributed by atoms with van der Waals surface area (Å²) in [6, 6.07) is 7.57. The predicted molar refractivity (Wildman–Crippen MR) is 89.7 cm³/mol. The molecule has 3 rings (SSSR count). The van der Waals surface area contributed by atoms with Crippen LogP contribution in [0, 0.1) is 17.8 Å². The molecule has 1 N–H and O–H groups in total. The van der Waals surface area contributed by atoms with Gasteiger partial charge in [-0.15, -0.1) is 0 Å². The maximum atomic E-state index is 12.0. The highest BCUT2D eigenvalue weighted by Gasteiger charge is 2.39. The number of fused-ring (bicyclic) bond motifs is 2. The van der Waals surface area contributed by atoms with Gasteiger partial charge >= 0.3 is 0 Å². The van der Waals surface area contributed by atoms with Crippen molar-refractivity contribution in [2.75, 3.05) is 19.8 Å². The van der Waals surface area contributed by atoms with Gasteiger partial charge in [0.2, 0.25) is 5.91 Å². The van der Waals surface area contributed by atoms with Crippen LogP contribution in [0.1, 0.15) is 39.0 Å². The van der Waals surface area contributed by atoms with Gasteiger partial charge in [0.1, 0.15) is 18.1 Å². The van der Waals surface area contributed by atoms with Crippen LogP contribution in [-0.4, -0.2) is 25.7 Å². The maximum Gasteiger partial charge on any atom is 0.220 e. The topological polar surface area (TPSA) is 47.6 Å². The zero-order valence-electron chi connectivity index (χ0n) is 13.9. The van der Waals surface area contributed by atoms with Crippen LogP contribution in [0.2, 0.25) is 0 Å². The van der Waals surface area contributed by atoms with Crippen molar-refractivity contribution in [1.29, 1.82) is 0 Å². The smallest absolute Gasteiger partial charge is 0.220 e. The molecular formula is C19H27NO3. The lowest BCUT2D eigenvalue weighted by molar-refractivity contribution is -0.122. The van der Waals surface area contributed by atoms with Gasteiger partial charge in [0, 0.05) is 6.42 Å². The van der Waals surface area contributed by atoms with Crippen molar-refractivity contribution in [2.24, 2.45) is 17.8 Å². The number of carbonyl (C=O) groups excluding carboxylic acids is 1. The van der Waals surface area contributed by atoms with Crippen molar-refractivity contribution in [3.63, 3.8) is 0 Å². The van der Waals surface area contributed by atoms with Crippen LogP contribution in [-0.2, 0) is 4.79 Å². The van der Waals surface area contributed by atoms with Crippen molar-refractivity contribution >= 4 is 5.91 Å². The lowest BCUT2D eigenvalue weighted by Gasteiger charge is -2.20. The Hall–Kier alpha value is -1.71. The first kappa shape index (κ1) is 16.2. The molecule has 3 unspecified atom stereocenters. The van der Waals surface area contributed by atoms with Gasteiger partial charge < -0.3 is 14.8 Å². The molecule has 4 heteroatoms. The van der Waals surface area contributed by atoms with Gasteiger partial charge in [-0.2, -0.15) is 0 Å². The van der Waals surface area contributed by atoms with Crippen LogP contribution in [0.3, 0.4) is 0 Å². The predicted octanol–water partition coefficient (Wildman–Crippen LogP) is 3.41. The molecule has 1 amide bonds. The Labute approximate surface area is 138 Å². The lowest BCUT2D eigenvalue weighted by Crippen LogP contribution is -2.30. The summed E-state index contributed by atoms with van der Waals surface area (Å²) < 4.78 is 11.0. The summed E-state index contributed by atoms with van der Waals surface area (Å²) in [7, 11) is 0. The van der Waals surface area contributed by atoms with E-state index < -0.39 is 0 Å².